The van der Waals surface area contributed by atoms with Gasteiger partial charge in [-0.15, -0.1) is 0 Å². The minimum Gasteiger partial charge on any atom is -0.384 e. The number of ether oxygens (including phenoxy) is 1. The van der Waals surface area contributed by atoms with E-state index in [2.05, 4.69) is 0 Å². The molecule has 5 heteroatoms. The number of benzene rings is 1. The lowest BCUT2D eigenvalue weighted by Gasteiger charge is -2.09. The molecule has 0 aromatic heterocycles. The van der Waals surface area contributed by atoms with Gasteiger partial charge in [0.25, 0.3) is 0 Å². The molecule has 0 atom stereocenters. The number of hydrogen-bond donors (Lipinski definition) is 0. The summed E-state index contributed by atoms with van der Waals surface area (Å²) < 4.78 is 54.3. The van der Waals surface area contributed by atoms with Crippen molar-refractivity contribution in [3.05, 3.63) is 35.1 Å². The van der Waals surface area contributed by atoms with Crippen LogP contribution in [0.3, 0.4) is 0 Å². The quantitative estimate of drug-likeness (QED) is 0.714. The second-order valence-corrected chi connectivity index (χ2v) is 3.05. The summed E-state index contributed by atoms with van der Waals surface area (Å²) in [7, 11) is 1.47. The predicted molar refractivity (Wildman–Crippen MR) is 47.0 cm³/mol. The molecule has 0 unspecified atom stereocenters. The molecule has 1 aromatic carbocycles. The van der Waals surface area contributed by atoms with Gasteiger partial charge in [-0.05, 0) is 24.1 Å². The highest BCUT2D eigenvalue weighted by molar-refractivity contribution is 5.26. The first-order chi connectivity index (χ1) is 6.95. The summed E-state index contributed by atoms with van der Waals surface area (Å²) in [5.41, 5.74) is -0.744. The van der Waals surface area contributed by atoms with E-state index in [1.54, 1.807) is 0 Å². The number of hydrogen-bond acceptors (Lipinski definition) is 1. The monoisotopic (exact) mass is 222 g/mol. The molecule has 0 spiro atoms. The summed E-state index contributed by atoms with van der Waals surface area (Å²) in [6.07, 6.45) is -4.24. The lowest BCUT2D eigenvalue weighted by molar-refractivity contribution is -0.140. The third-order valence-electron chi connectivity index (χ3n) is 1.93. The van der Waals surface area contributed by atoms with E-state index in [0.717, 1.165) is 12.1 Å². The first kappa shape index (κ1) is 12.0. The van der Waals surface area contributed by atoms with Crippen LogP contribution in [-0.4, -0.2) is 13.7 Å². The van der Waals surface area contributed by atoms with Crippen molar-refractivity contribution >= 4 is 0 Å². The molecule has 0 bridgehead atoms. The normalized spacial score (nSPS) is 11.8. The first-order valence-corrected chi connectivity index (χ1v) is 4.29. The van der Waals surface area contributed by atoms with Crippen molar-refractivity contribution in [1.82, 2.24) is 0 Å². The van der Waals surface area contributed by atoms with Crippen LogP contribution in [0.15, 0.2) is 18.2 Å². The Balaban J connectivity index is 2.89. The number of rotatable bonds is 3. The summed E-state index contributed by atoms with van der Waals surface area (Å²) in [5, 5.41) is 0. The van der Waals surface area contributed by atoms with Crippen LogP contribution in [-0.2, 0) is 17.3 Å². The predicted octanol–water partition coefficient (Wildman–Crippen LogP) is 3.03. The molecule has 15 heavy (non-hydrogen) atoms. The zero-order chi connectivity index (χ0) is 11.5. The molecule has 1 nitrogen and oxygen atoms in total. The van der Waals surface area contributed by atoms with Crippen LogP contribution in [0.5, 0.6) is 0 Å². The van der Waals surface area contributed by atoms with E-state index >= 15 is 0 Å². The van der Waals surface area contributed by atoms with Gasteiger partial charge < -0.3 is 4.74 Å². The van der Waals surface area contributed by atoms with Crippen molar-refractivity contribution in [2.24, 2.45) is 0 Å². The van der Waals surface area contributed by atoms with Gasteiger partial charge in [0.1, 0.15) is 5.82 Å². The summed E-state index contributed by atoms with van der Waals surface area (Å²) in [6.45, 7) is 0.352. The van der Waals surface area contributed by atoms with Crippen molar-refractivity contribution in [3.63, 3.8) is 0 Å². The molecule has 0 heterocycles. The Labute approximate surface area is 84.7 Å². The van der Waals surface area contributed by atoms with Gasteiger partial charge in [-0.3, -0.25) is 0 Å². The minimum atomic E-state index is -4.64. The molecule has 0 saturated heterocycles. The fourth-order valence-corrected chi connectivity index (χ4v) is 1.16. The van der Waals surface area contributed by atoms with Crippen LogP contribution in [0.2, 0.25) is 0 Å². The standard InChI is InChI=1S/C10H10F4O/c1-15-5-4-7-2-3-8(9(11)6-7)10(12,13)14/h2-3,6H,4-5H2,1H3. The van der Waals surface area contributed by atoms with Gasteiger partial charge in [-0.25, -0.2) is 4.39 Å². The number of methoxy groups -OCH3 is 1. The fraction of sp³-hybridized carbons (Fsp3) is 0.400. The van der Waals surface area contributed by atoms with Crippen molar-refractivity contribution in [3.8, 4) is 0 Å². The summed E-state index contributed by atoms with van der Waals surface area (Å²) >= 11 is 0. The van der Waals surface area contributed by atoms with E-state index in [9.17, 15) is 17.6 Å². The molecule has 0 aliphatic heterocycles. The zero-order valence-corrected chi connectivity index (χ0v) is 8.07. The van der Waals surface area contributed by atoms with Gasteiger partial charge in [0.2, 0.25) is 0 Å². The van der Waals surface area contributed by atoms with Crippen molar-refractivity contribution in [2.45, 2.75) is 12.6 Å². The van der Waals surface area contributed by atoms with Gasteiger partial charge in [0, 0.05) is 7.11 Å². The fourth-order valence-electron chi connectivity index (χ4n) is 1.16. The van der Waals surface area contributed by atoms with Gasteiger partial charge in [0.05, 0.1) is 12.2 Å². The molecule has 0 fully saturated rings. The number of halogens is 4. The van der Waals surface area contributed by atoms with E-state index in [1.165, 1.54) is 13.2 Å². The maximum Gasteiger partial charge on any atom is 0.419 e. The Morgan fingerprint density at radius 2 is 1.93 bits per heavy atom. The average molecular weight is 222 g/mol. The molecule has 0 radical (unpaired) electrons. The molecule has 1 aromatic rings. The summed E-state index contributed by atoms with van der Waals surface area (Å²) in [5.74, 6) is -1.24. The van der Waals surface area contributed by atoms with Gasteiger partial charge in [-0.1, -0.05) is 6.07 Å². The Morgan fingerprint density at radius 3 is 2.40 bits per heavy atom. The van der Waals surface area contributed by atoms with E-state index in [-0.39, 0.29) is 0 Å². The minimum absolute atomic E-state index is 0.352. The van der Waals surface area contributed by atoms with E-state index in [0.29, 0.717) is 18.6 Å². The maximum atomic E-state index is 13.0. The third kappa shape index (κ3) is 3.20. The maximum absolute atomic E-state index is 13.0. The Kier molecular flexibility index (Phi) is 3.68. The molecule has 0 N–H and O–H groups in total. The van der Waals surface area contributed by atoms with E-state index in [1.807, 2.05) is 0 Å². The third-order valence-corrected chi connectivity index (χ3v) is 1.93. The van der Waals surface area contributed by atoms with Crippen molar-refractivity contribution < 1.29 is 22.3 Å². The van der Waals surface area contributed by atoms with Crippen LogP contribution in [0.25, 0.3) is 0 Å². The molecular formula is C10H10F4O. The second kappa shape index (κ2) is 4.61. The molecule has 0 saturated carbocycles. The Bertz CT molecular complexity index is 333. The van der Waals surface area contributed by atoms with Gasteiger partial charge in [-0.2, -0.15) is 13.2 Å². The lowest BCUT2D eigenvalue weighted by atomic mass is 10.1. The molecule has 0 amide bonds. The van der Waals surface area contributed by atoms with Crippen LogP contribution in [0.1, 0.15) is 11.1 Å². The molecule has 1 rings (SSSR count). The topological polar surface area (TPSA) is 9.23 Å². The number of alkyl halides is 3. The second-order valence-electron chi connectivity index (χ2n) is 3.05. The zero-order valence-electron chi connectivity index (χ0n) is 8.07. The van der Waals surface area contributed by atoms with Crippen LogP contribution >= 0.6 is 0 Å². The highest BCUT2D eigenvalue weighted by Crippen LogP contribution is 2.31. The van der Waals surface area contributed by atoms with Crippen LogP contribution in [0, 0.1) is 5.82 Å². The largest absolute Gasteiger partial charge is 0.419 e. The van der Waals surface area contributed by atoms with E-state index in [4.69, 9.17) is 4.74 Å². The first-order valence-electron chi connectivity index (χ1n) is 4.29. The summed E-state index contributed by atoms with van der Waals surface area (Å²) in [4.78, 5) is 0. The highest BCUT2D eigenvalue weighted by Gasteiger charge is 2.33. The molecule has 0 aliphatic carbocycles. The van der Waals surface area contributed by atoms with Crippen molar-refractivity contribution in [2.75, 3.05) is 13.7 Å². The average Bonchev–Trinajstić information content (AvgIpc) is 2.12. The highest BCUT2D eigenvalue weighted by atomic mass is 19.4. The van der Waals surface area contributed by atoms with E-state index < -0.39 is 17.6 Å². The van der Waals surface area contributed by atoms with Crippen LogP contribution in [0.4, 0.5) is 17.6 Å². The van der Waals surface area contributed by atoms with Crippen LogP contribution < -0.4 is 0 Å². The molecular weight excluding hydrogens is 212 g/mol. The van der Waals surface area contributed by atoms with Crippen molar-refractivity contribution in [1.29, 1.82) is 0 Å². The van der Waals surface area contributed by atoms with Gasteiger partial charge in [0.15, 0.2) is 0 Å². The SMILES string of the molecule is COCCc1ccc(C(F)(F)F)c(F)c1. The summed E-state index contributed by atoms with van der Waals surface area (Å²) in [6, 6.07) is 2.90. The lowest BCUT2D eigenvalue weighted by Crippen LogP contribution is -2.08. The Hall–Kier alpha value is -1.10. The smallest absolute Gasteiger partial charge is 0.384 e. The molecule has 84 valence electrons. The van der Waals surface area contributed by atoms with Gasteiger partial charge >= 0.3 is 6.18 Å². The Morgan fingerprint density at radius 1 is 1.27 bits per heavy atom. The molecule has 0 aliphatic rings.